The maximum Gasteiger partial charge on any atom is 0.322 e. The molecule has 0 aromatic heterocycles. The Morgan fingerprint density at radius 2 is 1.80 bits per heavy atom. The molecular weight excluding hydrogens is 280 g/mol. The Balaban J connectivity index is 2.05. The minimum Gasteiger partial charge on any atom is -0.480 e. The van der Waals surface area contributed by atoms with E-state index in [2.05, 4.69) is 4.72 Å². The molecule has 2 fully saturated rings. The first-order chi connectivity index (χ1) is 9.42. The number of piperidine rings is 1. The molecule has 1 saturated heterocycles. The third kappa shape index (κ3) is 3.51. The Morgan fingerprint density at radius 3 is 2.40 bits per heavy atom. The topological polar surface area (TPSA) is 86.7 Å². The summed E-state index contributed by atoms with van der Waals surface area (Å²) in [6.45, 7) is 2.18. The predicted molar refractivity (Wildman–Crippen MR) is 75.5 cm³/mol. The van der Waals surface area contributed by atoms with E-state index in [1.165, 1.54) is 0 Å². The molecule has 0 bridgehead atoms. The fourth-order valence-electron chi connectivity index (χ4n) is 3.30. The molecule has 116 valence electrons. The standard InChI is InChI=1S/C13H24N2O4S/c1-10(11-6-2-3-7-11)14-20(18,19)15-9-5-4-8-12(15)13(16)17/h10-12,14H,2-9H2,1H3,(H,16,17)/t10-,12?/m1/s1. The molecule has 0 spiro atoms. The number of rotatable bonds is 5. The fourth-order valence-corrected chi connectivity index (χ4v) is 4.99. The molecule has 1 saturated carbocycles. The highest BCUT2D eigenvalue weighted by Gasteiger charge is 2.38. The number of carboxylic acid groups (broad SMARTS) is 1. The van der Waals surface area contributed by atoms with Gasteiger partial charge in [0.05, 0.1) is 0 Å². The Morgan fingerprint density at radius 1 is 1.20 bits per heavy atom. The van der Waals surface area contributed by atoms with Crippen LogP contribution < -0.4 is 4.72 Å². The molecule has 0 aromatic carbocycles. The van der Waals surface area contributed by atoms with Crippen LogP contribution in [0.4, 0.5) is 0 Å². The second-order valence-corrected chi connectivity index (χ2v) is 7.57. The van der Waals surface area contributed by atoms with Gasteiger partial charge in [-0.25, -0.2) is 0 Å². The molecule has 1 aliphatic heterocycles. The SMILES string of the molecule is C[C@@H](NS(=O)(=O)N1CCCCC1C(=O)O)C1CCCC1. The third-order valence-electron chi connectivity index (χ3n) is 4.49. The largest absolute Gasteiger partial charge is 0.480 e. The number of hydrogen-bond acceptors (Lipinski definition) is 3. The maximum absolute atomic E-state index is 12.4. The van der Waals surface area contributed by atoms with Crippen LogP contribution in [0, 0.1) is 5.92 Å². The van der Waals surface area contributed by atoms with Crippen molar-refractivity contribution in [1.29, 1.82) is 0 Å². The van der Waals surface area contributed by atoms with Crippen LogP contribution in [0.3, 0.4) is 0 Å². The second kappa shape index (κ2) is 6.41. The fraction of sp³-hybridized carbons (Fsp3) is 0.923. The summed E-state index contributed by atoms with van der Waals surface area (Å²) in [4.78, 5) is 11.2. The summed E-state index contributed by atoms with van der Waals surface area (Å²) in [5.41, 5.74) is 0. The van der Waals surface area contributed by atoms with E-state index >= 15 is 0 Å². The summed E-state index contributed by atoms with van der Waals surface area (Å²) in [5, 5.41) is 9.18. The van der Waals surface area contributed by atoms with E-state index < -0.39 is 22.2 Å². The molecule has 0 radical (unpaired) electrons. The van der Waals surface area contributed by atoms with E-state index in [0.717, 1.165) is 42.8 Å². The van der Waals surface area contributed by atoms with Crippen LogP contribution in [0.15, 0.2) is 0 Å². The van der Waals surface area contributed by atoms with Crippen molar-refractivity contribution < 1.29 is 18.3 Å². The first-order valence-electron chi connectivity index (χ1n) is 7.43. The van der Waals surface area contributed by atoms with Crippen LogP contribution in [-0.4, -0.2) is 42.4 Å². The van der Waals surface area contributed by atoms with Crippen LogP contribution in [0.1, 0.15) is 51.9 Å². The molecule has 1 unspecified atom stereocenters. The Kier molecular flexibility index (Phi) is 5.04. The van der Waals surface area contributed by atoms with Gasteiger partial charge < -0.3 is 5.11 Å². The molecule has 1 heterocycles. The molecular formula is C13H24N2O4S. The highest BCUT2D eigenvalue weighted by atomic mass is 32.2. The smallest absolute Gasteiger partial charge is 0.322 e. The molecule has 2 N–H and O–H groups in total. The van der Waals surface area contributed by atoms with Crippen LogP contribution in [0.5, 0.6) is 0 Å². The average Bonchev–Trinajstić information content (AvgIpc) is 2.92. The average molecular weight is 304 g/mol. The van der Waals surface area contributed by atoms with E-state index in [-0.39, 0.29) is 6.04 Å². The highest BCUT2D eigenvalue weighted by molar-refractivity contribution is 7.87. The summed E-state index contributed by atoms with van der Waals surface area (Å²) < 4.78 is 28.7. The minimum atomic E-state index is -3.71. The lowest BCUT2D eigenvalue weighted by atomic mass is 10.0. The van der Waals surface area contributed by atoms with E-state index in [1.807, 2.05) is 6.92 Å². The van der Waals surface area contributed by atoms with Crippen LogP contribution >= 0.6 is 0 Å². The van der Waals surface area contributed by atoms with Gasteiger partial charge in [-0.3, -0.25) is 4.79 Å². The highest BCUT2D eigenvalue weighted by Crippen LogP contribution is 2.28. The van der Waals surface area contributed by atoms with E-state index in [4.69, 9.17) is 0 Å². The zero-order valence-corrected chi connectivity index (χ0v) is 12.7. The minimum absolute atomic E-state index is 0.126. The molecule has 0 aromatic rings. The summed E-state index contributed by atoms with van der Waals surface area (Å²) in [6.07, 6.45) is 6.28. The Bertz CT molecular complexity index is 445. The van der Waals surface area contributed by atoms with Gasteiger partial charge in [0.2, 0.25) is 0 Å². The van der Waals surface area contributed by atoms with Crippen molar-refractivity contribution in [1.82, 2.24) is 9.03 Å². The zero-order chi connectivity index (χ0) is 14.8. The predicted octanol–water partition coefficient (Wildman–Crippen LogP) is 1.34. The number of aliphatic carboxylic acids is 1. The number of carbonyl (C=O) groups is 1. The number of nitrogens with one attached hydrogen (secondary N) is 1. The van der Waals surface area contributed by atoms with Crippen molar-refractivity contribution in [3.05, 3.63) is 0 Å². The molecule has 7 heteroatoms. The summed E-state index contributed by atoms with van der Waals surface area (Å²) >= 11 is 0. The van der Waals surface area contributed by atoms with Gasteiger partial charge in [0.15, 0.2) is 0 Å². The van der Waals surface area contributed by atoms with E-state index in [1.54, 1.807) is 0 Å². The first-order valence-corrected chi connectivity index (χ1v) is 8.88. The zero-order valence-electron chi connectivity index (χ0n) is 11.9. The molecule has 20 heavy (non-hydrogen) atoms. The summed E-state index contributed by atoms with van der Waals surface area (Å²) in [7, 11) is -3.71. The van der Waals surface area contributed by atoms with Crippen molar-refractivity contribution in [2.24, 2.45) is 5.92 Å². The van der Waals surface area contributed by atoms with Crippen LogP contribution in [0.25, 0.3) is 0 Å². The van der Waals surface area contributed by atoms with Crippen molar-refractivity contribution in [2.45, 2.75) is 64.0 Å². The van der Waals surface area contributed by atoms with Gasteiger partial charge in [0.25, 0.3) is 10.2 Å². The van der Waals surface area contributed by atoms with Crippen molar-refractivity contribution in [3.8, 4) is 0 Å². The van der Waals surface area contributed by atoms with Crippen LogP contribution in [-0.2, 0) is 15.0 Å². The molecule has 6 nitrogen and oxygen atoms in total. The lowest BCUT2D eigenvalue weighted by molar-refractivity contribution is -0.142. The van der Waals surface area contributed by atoms with Crippen molar-refractivity contribution in [3.63, 3.8) is 0 Å². The lowest BCUT2D eigenvalue weighted by Gasteiger charge is -2.33. The van der Waals surface area contributed by atoms with E-state index in [9.17, 15) is 18.3 Å². The third-order valence-corrected chi connectivity index (χ3v) is 6.21. The van der Waals surface area contributed by atoms with Crippen molar-refractivity contribution in [2.75, 3.05) is 6.54 Å². The normalized spacial score (nSPS) is 27.6. The Labute approximate surface area is 120 Å². The van der Waals surface area contributed by atoms with Crippen molar-refractivity contribution >= 4 is 16.2 Å². The number of nitrogens with zero attached hydrogens (tertiary/aromatic N) is 1. The molecule has 2 aliphatic rings. The Hall–Kier alpha value is -0.660. The lowest BCUT2D eigenvalue weighted by Crippen LogP contribution is -2.54. The number of carboxylic acids is 1. The van der Waals surface area contributed by atoms with Gasteiger partial charge >= 0.3 is 5.97 Å². The molecule has 2 atom stereocenters. The first kappa shape index (κ1) is 15.7. The summed E-state index contributed by atoms with van der Waals surface area (Å²) in [6, 6.07) is -1.05. The molecule has 0 amide bonds. The van der Waals surface area contributed by atoms with E-state index in [0.29, 0.717) is 18.9 Å². The number of hydrogen-bond donors (Lipinski definition) is 2. The monoisotopic (exact) mass is 304 g/mol. The van der Waals surface area contributed by atoms with Gasteiger partial charge in [-0.05, 0) is 44.9 Å². The van der Waals surface area contributed by atoms with Gasteiger partial charge in [-0.15, -0.1) is 0 Å². The summed E-state index contributed by atoms with van der Waals surface area (Å²) in [5.74, 6) is -0.679. The van der Waals surface area contributed by atoms with Gasteiger partial charge in [0, 0.05) is 12.6 Å². The quantitative estimate of drug-likeness (QED) is 0.802. The molecule has 2 rings (SSSR count). The molecule has 1 aliphatic carbocycles. The van der Waals surface area contributed by atoms with Gasteiger partial charge in [-0.1, -0.05) is 12.8 Å². The van der Waals surface area contributed by atoms with Gasteiger partial charge in [-0.2, -0.15) is 17.4 Å². The van der Waals surface area contributed by atoms with Gasteiger partial charge in [0.1, 0.15) is 6.04 Å². The second-order valence-electron chi connectivity index (χ2n) is 5.92. The van der Waals surface area contributed by atoms with Crippen LogP contribution in [0.2, 0.25) is 0 Å². The maximum atomic E-state index is 12.4.